The van der Waals surface area contributed by atoms with E-state index in [2.05, 4.69) is 93.2 Å². The maximum Gasteiger partial charge on any atom is 0 e. The van der Waals surface area contributed by atoms with Crippen LogP contribution in [0.3, 0.4) is 0 Å². The van der Waals surface area contributed by atoms with Gasteiger partial charge in [0.2, 0.25) is 0 Å². The van der Waals surface area contributed by atoms with Crippen LogP contribution in [0.15, 0.2) is 42.5 Å². The van der Waals surface area contributed by atoms with Crippen molar-refractivity contribution in [3.05, 3.63) is 53.6 Å². The van der Waals surface area contributed by atoms with Crippen molar-refractivity contribution >= 4 is 14.5 Å². The predicted octanol–water partition coefficient (Wildman–Crippen LogP) is 4.90. The summed E-state index contributed by atoms with van der Waals surface area (Å²) < 4.78 is 0. The van der Waals surface area contributed by atoms with E-state index in [-0.39, 0.29) is 17.1 Å². The molecule has 2 aromatic carbocycles. The fourth-order valence-electron chi connectivity index (χ4n) is 1.99. The molecule has 0 nitrogen and oxygen atoms in total. The Morgan fingerprint density at radius 1 is 0.850 bits per heavy atom. The van der Waals surface area contributed by atoms with Gasteiger partial charge in [-0.15, -0.1) is 0 Å². The Kier molecular flexibility index (Phi) is 7.47. The van der Waals surface area contributed by atoms with Gasteiger partial charge in [0.1, 0.15) is 0 Å². The van der Waals surface area contributed by atoms with Crippen LogP contribution in [0, 0.1) is 0 Å². The van der Waals surface area contributed by atoms with Crippen LogP contribution in [0.1, 0.15) is 52.7 Å². The van der Waals surface area contributed by atoms with Crippen molar-refractivity contribution in [3.8, 4) is 0 Å². The number of rotatable bonds is 0. The van der Waals surface area contributed by atoms with Crippen LogP contribution >= 0.6 is 9.24 Å². The van der Waals surface area contributed by atoms with E-state index >= 15 is 0 Å². The minimum Gasteiger partial charge on any atom is -0.747 e. The van der Waals surface area contributed by atoms with Gasteiger partial charge in [0.25, 0.3) is 0 Å². The van der Waals surface area contributed by atoms with E-state index in [1.807, 2.05) is 0 Å². The first kappa shape index (κ1) is 19.6. The molecule has 0 heterocycles. The predicted molar refractivity (Wildman–Crippen MR) is 90.8 cm³/mol. The van der Waals surface area contributed by atoms with Crippen molar-refractivity contribution in [2.75, 3.05) is 0 Å². The molecule has 0 bridgehead atoms. The van der Waals surface area contributed by atoms with Gasteiger partial charge in [0.05, 0.1) is 0 Å². The van der Waals surface area contributed by atoms with Crippen molar-refractivity contribution in [2.24, 2.45) is 0 Å². The maximum absolute atomic E-state index is 2.76. The Balaban J connectivity index is 0.000000345. The van der Waals surface area contributed by atoms with E-state index in [1.54, 1.807) is 0 Å². The fraction of sp³-hybridized carbons (Fsp3) is 0.444. The van der Waals surface area contributed by atoms with E-state index in [9.17, 15) is 0 Å². The molecule has 0 saturated carbocycles. The summed E-state index contributed by atoms with van der Waals surface area (Å²) in [5.74, 6) is 0. The van der Waals surface area contributed by atoms with Gasteiger partial charge in [-0.1, -0.05) is 47.0 Å². The second-order valence-electron chi connectivity index (χ2n) is 7.07. The monoisotopic (exact) mass is 330 g/mol. The van der Waals surface area contributed by atoms with Crippen LogP contribution in [0.4, 0.5) is 0 Å². The summed E-state index contributed by atoms with van der Waals surface area (Å²) in [6.07, 6.45) is 0. The molecule has 0 N–H and O–H groups in total. The summed E-state index contributed by atoms with van der Waals surface area (Å²) in [5, 5.41) is 1.33. The van der Waals surface area contributed by atoms with E-state index in [0.29, 0.717) is 10.8 Å². The first-order valence-electron chi connectivity index (χ1n) is 6.86. The first-order valence-corrected chi connectivity index (χ1v) is 7.44. The minimum atomic E-state index is 0. The van der Waals surface area contributed by atoms with Crippen molar-refractivity contribution < 1.29 is 17.1 Å². The molecule has 0 radical (unpaired) electrons. The van der Waals surface area contributed by atoms with Gasteiger partial charge in [-0.25, -0.2) is 12.1 Å². The minimum absolute atomic E-state index is 0. The molecule has 20 heavy (non-hydrogen) atoms. The van der Waals surface area contributed by atoms with Crippen LogP contribution in [-0.2, 0) is 27.9 Å². The average molecular weight is 330 g/mol. The van der Waals surface area contributed by atoms with Crippen molar-refractivity contribution in [1.29, 1.82) is 0 Å². The first-order chi connectivity index (χ1) is 8.62. The Morgan fingerprint density at radius 2 is 1.35 bits per heavy atom. The van der Waals surface area contributed by atoms with Gasteiger partial charge in [-0.05, 0) is 0 Å². The smallest absolute Gasteiger partial charge is 0 e. The van der Waals surface area contributed by atoms with Gasteiger partial charge in [-0.3, -0.25) is 0 Å². The van der Waals surface area contributed by atoms with Crippen molar-refractivity contribution in [3.63, 3.8) is 0 Å². The van der Waals surface area contributed by atoms with Crippen LogP contribution in [-0.4, -0.2) is 0 Å². The second kappa shape index (κ2) is 7.60. The molecule has 0 aliphatic heterocycles. The molecule has 0 aromatic heterocycles. The SMILES string of the molecule is CC(C)(C)[c-]1[cH-][cH-][cH-][c-]1P.CC(C)(C)[c-]1cccc1.[Fe]. The van der Waals surface area contributed by atoms with Crippen LogP contribution < -0.4 is 5.30 Å². The Hall–Kier alpha value is -0.351. The van der Waals surface area contributed by atoms with Gasteiger partial charge in [0.15, 0.2) is 0 Å². The molecule has 2 rings (SSSR count). The molecule has 0 fully saturated rings. The molecule has 0 saturated heterocycles. The molecule has 0 aliphatic rings. The third kappa shape index (κ3) is 5.96. The zero-order valence-electron chi connectivity index (χ0n) is 13.5. The molecule has 0 aliphatic carbocycles. The summed E-state index contributed by atoms with van der Waals surface area (Å²) in [7, 11) is 2.76. The largest absolute Gasteiger partial charge is 0.747 e. The zero-order chi connectivity index (χ0) is 14.7. The summed E-state index contributed by atoms with van der Waals surface area (Å²) >= 11 is 0. The van der Waals surface area contributed by atoms with E-state index in [4.69, 9.17) is 0 Å². The molecule has 1 unspecified atom stereocenters. The van der Waals surface area contributed by atoms with Gasteiger partial charge >= 0.3 is 0 Å². The molecule has 0 spiro atoms. The molecule has 0 amide bonds. The van der Waals surface area contributed by atoms with Gasteiger partial charge in [-0.2, -0.15) is 23.1 Å². The zero-order valence-corrected chi connectivity index (χ0v) is 15.7. The van der Waals surface area contributed by atoms with Crippen LogP contribution in [0.5, 0.6) is 0 Å². The molecular formula is C18H27FeP-6. The third-order valence-corrected chi connectivity index (χ3v) is 3.69. The summed E-state index contributed by atoms with van der Waals surface area (Å²) in [4.78, 5) is 0. The fourth-order valence-corrected chi connectivity index (χ4v) is 2.63. The molecular weight excluding hydrogens is 303 g/mol. The van der Waals surface area contributed by atoms with Crippen molar-refractivity contribution in [2.45, 2.75) is 52.4 Å². The van der Waals surface area contributed by atoms with Crippen LogP contribution in [0.25, 0.3) is 0 Å². The second-order valence-corrected chi connectivity index (χ2v) is 7.69. The summed E-state index contributed by atoms with van der Waals surface area (Å²) in [6.45, 7) is 13.4. The third-order valence-electron chi connectivity index (χ3n) is 3.19. The molecule has 2 heteroatoms. The van der Waals surface area contributed by atoms with Gasteiger partial charge < -0.3 is 38.3 Å². The Bertz CT molecular complexity index is 478. The normalized spacial score (nSPS) is 11.3. The van der Waals surface area contributed by atoms with E-state index < -0.39 is 0 Å². The van der Waals surface area contributed by atoms with E-state index in [0.717, 1.165) is 0 Å². The van der Waals surface area contributed by atoms with Gasteiger partial charge in [0, 0.05) is 17.1 Å². The number of hydrogen-bond donors (Lipinski definition) is 0. The van der Waals surface area contributed by atoms with Crippen molar-refractivity contribution in [1.82, 2.24) is 0 Å². The molecule has 1 atom stereocenters. The molecule has 118 valence electrons. The van der Waals surface area contributed by atoms with E-state index in [1.165, 1.54) is 16.4 Å². The Labute approximate surface area is 137 Å². The quantitative estimate of drug-likeness (QED) is 0.366. The average Bonchev–Trinajstić information content (AvgIpc) is 2.84. The topological polar surface area (TPSA) is 0 Å². The summed E-state index contributed by atoms with van der Waals surface area (Å²) in [6, 6.07) is 14.9. The molecule has 2 aromatic rings. The van der Waals surface area contributed by atoms with Crippen LogP contribution in [0.2, 0.25) is 0 Å². The maximum atomic E-state index is 2.76. The number of hydrogen-bond acceptors (Lipinski definition) is 0. The standard InChI is InChI=1S/C9H14P.C9H13.Fe/c1-9(2,3)7-5-4-6-8(7)10;1-9(2,3)8-6-4-5-7-8;/h4-6H,10H2,1-3H3;4-7H,1-3H3;/q-5;-1;. The summed E-state index contributed by atoms with van der Waals surface area (Å²) in [5.41, 5.74) is 3.46. The Morgan fingerprint density at radius 3 is 1.55 bits per heavy atom.